The highest BCUT2D eigenvalue weighted by Crippen LogP contribution is 2.34. The largest absolute Gasteiger partial charge is 0.353 e. The van der Waals surface area contributed by atoms with Gasteiger partial charge in [0.2, 0.25) is 0 Å². The van der Waals surface area contributed by atoms with Gasteiger partial charge in [-0.2, -0.15) is 5.10 Å². The number of fused-ring (bicyclic) bond motifs is 2. The molecule has 0 fully saturated rings. The molecule has 0 aliphatic heterocycles. The van der Waals surface area contributed by atoms with E-state index in [2.05, 4.69) is 67.6 Å². The lowest BCUT2D eigenvalue weighted by molar-refractivity contribution is 1.12. The first-order valence-electron chi connectivity index (χ1n) is 9.79. The first-order chi connectivity index (χ1) is 14.9. The van der Waals surface area contributed by atoms with Gasteiger partial charge in [0.15, 0.2) is 0 Å². The predicted octanol–water partition coefficient (Wildman–Crippen LogP) is 5.84. The summed E-state index contributed by atoms with van der Waals surface area (Å²) in [4.78, 5) is 12.2. The average Bonchev–Trinajstić information content (AvgIpc) is 3.43. The van der Waals surface area contributed by atoms with Crippen LogP contribution in [0.4, 0.5) is 0 Å². The molecule has 0 aliphatic carbocycles. The molecule has 4 heterocycles. The zero-order valence-corrected chi connectivity index (χ0v) is 16.0. The van der Waals surface area contributed by atoms with Gasteiger partial charge in [-0.05, 0) is 59.7 Å². The van der Waals surface area contributed by atoms with Gasteiger partial charge in [-0.3, -0.25) is 15.1 Å². The van der Waals surface area contributed by atoms with Crippen molar-refractivity contribution in [2.45, 2.75) is 0 Å². The summed E-state index contributed by atoms with van der Waals surface area (Å²) in [5.41, 5.74) is 8.29. The molecule has 0 spiro atoms. The molecule has 2 N–H and O–H groups in total. The molecule has 4 aromatic heterocycles. The Morgan fingerprint density at radius 3 is 2.47 bits per heavy atom. The molecule has 142 valence electrons. The quantitative estimate of drug-likeness (QED) is 0.401. The zero-order chi connectivity index (χ0) is 19.9. The van der Waals surface area contributed by atoms with Gasteiger partial charge in [-0.25, -0.2) is 0 Å². The van der Waals surface area contributed by atoms with Crippen LogP contribution in [-0.4, -0.2) is 25.1 Å². The summed E-state index contributed by atoms with van der Waals surface area (Å²) in [6.07, 6.45) is 5.45. The number of hydrogen-bond acceptors (Lipinski definition) is 3. The molecule has 0 saturated heterocycles. The van der Waals surface area contributed by atoms with Crippen LogP contribution in [0.1, 0.15) is 0 Å². The molecule has 6 rings (SSSR count). The lowest BCUT2D eigenvalue weighted by Crippen LogP contribution is -1.82. The number of nitrogens with zero attached hydrogens (tertiary/aromatic N) is 3. The number of nitrogens with one attached hydrogen (secondary N) is 2. The maximum absolute atomic E-state index is 4.61. The van der Waals surface area contributed by atoms with Crippen molar-refractivity contribution in [2.75, 3.05) is 0 Å². The number of hydrogen-bond donors (Lipinski definition) is 2. The van der Waals surface area contributed by atoms with Crippen LogP contribution in [0, 0.1) is 0 Å². The molecule has 0 saturated carbocycles. The SMILES string of the molecule is c1ccc(-c2cccc3[nH]c(-c4n[nH]c5ccc(-c6ccncc6)cc45)cc23)nc1. The minimum Gasteiger partial charge on any atom is -0.353 e. The molecule has 5 heteroatoms. The minimum atomic E-state index is 0.907. The van der Waals surface area contributed by atoms with E-state index < -0.39 is 0 Å². The molecule has 0 bridgehead atoms. The lowest BCUT2D eigenvalue weighted by Gasteiger charge is -2.02. The molecule has 2 aromatic carbocycles. The van der Waals surface area contributed by atoms with E-state index in [0.29, 0.717) is 0 Å². The second-order valence-corrected chi connectivity index (χ2v) is 7.23. The number of aromatic amines is 2. The third-order valence-corrected chi connectivity index (χ3v) is 5.44. The lowest BCUT2D eigenvalue weighted by atomic mass is 10.0. The number of H-pyrrole nitrogens is 2. The second-order valence-electron chi connectivity index (χ2n) is 7.23. The van der Waals surface area contributed by atoms with Crippen molar-refractivity contribution in [3.63, 3.8) is 0 Å². The Hall–Kier alpha value is -4.25. The highest BCUT2D eigenvalue weighted by Gasteiger charge is 2.14. The number of rotatable bonds is 3. The van der Waals surface area contributed by atoms with Crippen molar-refractivity contribution in [2.24, 2.45) is 0 Å². The molecule has 0 amide bonds. The van der Waals surface area contributed by atoms with E-state index in [4.69, 9.17) is 0 Å². The van der Waals surface area contributed by atoms with Gasteiger partial charge in [-0.15, -0.1) is 0 Å². The molecular formula is C25H17N5. The molecule has 0 unspecified atom stereocenters. The van der Waals surface area contributed by atoms with Crippen LogP contribution < -0.4 is 0 Å². The molecule has 0 aliphatic rings. The standard InChI is InChI=1S/C25H17N5/c1-2-11-27-21(5-1)18-4-3-6-22-19(18)15-24(28-22)25-20-14-17(7-8-23(20)29-30-25)16-9-12-26-13-10-16/h1-15,28H,(H,29,30). The smallest absolute Gasteiger partial charge is 0.116 e. The van der Waals surface area contributed by atoms with E-state index >= 15 is 0 Å². The maximum Gasteiger partial charge on any atom is 0.116 e. The third-order valence-electron chi connectivity index (χ3n) is 5.44. The van der Waals surface area contributed by atoms with E-state index in [9.17, 15) is 0 Å². The zero-order valence-electron chi connectivity index (χ0n) is 16.0. The third kappa shape index (κ3) is 2.68. The van der Waals surface area contributed by atoms with E-state index in [1.165, 1.54) is 0 Å². The summed E-state index contributed by atoms with van der Waals surface area (Å²) in [6, 6.07) is 24.8. The second kappa shape index (κ2) is 6.67. The monoisotopic (exact) mass is 387 g/mol. The van der Waals surface area contributed by atoms with Crippen LogP contribution in [0.5, 0.6) is 0 Å². The van der Waals surface area contributed by atoms with Gasteiger partial charge in [0.05, 0.1) is 16.9 Å². The Labute approximate surface area is 172 Å². The Bertz CT molecular complexity index is 1480. The van der Waals surface area contributed by atoms with Gasteiger partial charge in [0.25, 0.3) is 0 Å². The van der Waals surface area contributed by atoms with Crippen LogP contribution in [-0.2, 0) is 0 Å². The maximum atomic E-state index is 4.61. The molecule has 0 radical (unpaired) electrons. The van der Waals surface area contributed by atoms with Crippen LogP contribution in [0.15, 0.2) is 91.4 Å². The fraction of sp³-hybridized carbons (Fsp3) is 0. The predicted molar refractivity (Wildman–Crippen MR) is 120 cm³/mol. The summed E-state index contributed by atoms with van der Waals surface area (Å²) in [5, 5.41) is 9.99. The fourth-order valence-corrected chi connectivity index (χ4v) is 3.97. The highest BCUT2D eigenvalue weighted by atomic mass is 15.1. The summed E-state index contributed by atoms with van der Waals surface area (Å²) >= 11 is 0. The van der Waals surface area contributed by atoms with Gasteiger partial charge in [-0.1, -0.05) is 24.3 Å². The Kier molecular flexibility index (Phi) is 3.71. The van der Waals surface area contributed by atoms with Crippen molar-refractivity contribution in [1.82, 2.24) is 25.1 Å². The van der Waals surface area contributed by atoms with E-state index in [1.54, 1.807) is 0 Å². The van der Waals surface area contributed by atoms with Crippen molar-refractivity contribution in [3.8, 4) is 33.8 Å². The van der Waals surface area contributed by atoms with E-state index in [1.807, 2.05) is 48.9 Å². The topological polar surface area (TPSA) is 70.2 Å². The summed E-state index contributed by atoms with van der Waals surface area (Å²) in [7, 11) is 0. The normalized spacial score (nSPS) is 11.3. The number of pyridine rings is 2. The molecule has 5 nitrogen and oxygen atoms in total. The van der Waals surface area contributed by atoms with Gasteiger partial charge < -0.3 is 4.98 Å². The van der Waals surface area contributed by atoms with E-state index in [0.717, 1.165) is 55.6 Å². The van der Waals surface area contributed by atoms with Crippen molar-refractivity contribution >= 4 is 21.8 Å². The summed E-state index contributed by atoms with van der Waals surface area (Å²) < 4.78 is 0. The Morgan fingerprint density at radius 2 is 1.60 bits per heavy atom. The Balaban J connectivity index is 1.52. The molecule has 0 atom stereocenters. The van der Waals surface area contributed by atoms with Crippen LogP contribution in [0.25, 0.3) is 55.6 Å². The van der Waals surface area contributed by atoms with Crippen molar-refractivity contribution in [1.29, 1.82) is 0 Å². The van der Waals surface area contributed by atoms with Crippen LogP contribution in [0.2, 0.25) is 0 Å². The van der Waals surface area contributed by atoms with E-state index in [-0.39, 0.29) is 0 Å². The minimum absolute atomic E-state index is 0.907. The number of aromatic nitrogens is 5. The highest BCUT2D eigenvalue weighted by molar-refractivity contribution is 6.01. The summed E-state index contributed by atoms with van der Waals surface area (Å²) in [5.74, 6) is 0. The summed E-state index contributed by atoms with van der Waals surface area (Å²) in [6.45, 7) is 0. The molecule has 30 heavy (non-hydrogen) atoms. The molecular weight excluding hydrogens is 370 g/mol. The Morgan fingerprint density at radius 1 is 0.667 bits per heavy atom. The fourth-order valence-electron chi connectivity index (χ4n) is 3.97. The first-order valence-corrected chi connectivity index (χ1v) is 9.79. The van der Waals surface area contributed by atoms with Gasteiger partial charge in [0, 0.05) is 40.4 Å². The van der Waals surface area contributed by atoms with Gasteiger partial charge >= 0.3 is 0 Å². The van der Waals surface area contributed by atoms with Gasteiger partial charge in [0.1, 0.15) is 5.69 Å². The molecule has 6 aromatic rings. The van der Waals surface area contributed by atoms with Crippen molar-refractivity contribution in [3.05, 3.63) is 91.4 Å². The van der Waals surface area contributed by atoms with Crippen molar-refractivity contribution < 1.29 is 0 Å². The first kappa shape index (κ1) is 16.7. The average molecular weight is 387 g/mol. The van der Waals surface area contributed by atoms with Crippen LogP contribution >= 0.6 is 0 Å². The van der Waals surface area contributed by atoms with Crippen LogP contribution in [0.3, 0.4) is 0 Å². The number of benzene rings is 2.